The molecule has 0 aliphatic rings. The number of carbonyl (C=O) groups is 1. The van der Waals surface area contributed by atoms with Crippen molar-refractivity contribution in [3.8, 4) is 0 Å². The van der Waals surface area contributed by atoms with Crippen molar-refractivity contribution in [2.75, 3.05) is 5.32 Å². The van der Waals surface area contributed by atoms with Gasteiger partial charge in [0.05, 0.1) is 31.8 Å². The van der Waals surface area contributed by atoms with Crippen molar-refractivity contribution in [1.82, 2.24) is 9.55 Å². The Kier molecular flexibility index (Phi) is 5.66. The van der Waals surface area contributed by atoms with Crippen LogP contribution in [0.15, 0.2) is 52.4 Å². The molecule has 10 heteroatoms. The Morgan fingerprint density at radius 2 is 2.04 bits per heavy atom. The number of nitro benzene ring substituents is 1. The fraction of sp³-hybridized carbons (Fsp3) is 0.167. The number of rotatable bonds is 5. The van der Waals surface area contributed by atoms with E-state index in [0.29, 0.717) is 16.1 Å². The van der Waals surface area contributed by atoms with Crippen LogP contribution in [-0.4, -0.2) is 25.6 Å². The first-order valence-corrected chi connectivity index (χ1v) is 9.41. The average molecular weight is 419 g/mol. The number of amides is 1. The summed E-state index contributed by atoms with van der Waals surface area (Å²) in [4.78, 5) is 39.6. The fourth-order valence-electron chi connectivity index (χ4n) is 2.47. The molecule has 144 valence electrons. The molecule has 0 radical (unpaired) electrons. The number of carbonyl (C=O) groups excluding carboxylic acids is 1. The van der Waals surface area contributed by atoms with Crippen molar-refractivity contribution < 1.29 is 9.72 Å². The first-order chi connectivity index (χ1) is 13.3. The maximum Gasteiger partial charge on any atom is 0.271 e. The van der Waals surface area contributed by atoms with Crippen LogP contribution < -0.4 is 10.9 Å². The van der Waals surface area contributed by atoms with Gasteiger partial charge in [-0.05, 0) is 25.1 Å². The Bertz CT molecular complexity index is 1150. The number of hydrogen-bond donors (Lipinski definition) is 1. The smallest absolute Gasteiger partial charge is 0.271 e. The summed E-state index contributed by atoms with van der Waals surface area (Å²) in [5.74, 6) is -0.372. The lowest BCUT2D eigenvalue weighted by Crippen LogP contribution is -2.25. The molecule has 0 unspecified atom stereocenters. The minimum Gasteiger partial charge on any atom is -0.324 e. The number of nitrogens with one attached hydrogen (secondary N) is 1. The normalized spacial score (nSPS) is 12.0. The van der Waals surface area contributed by atoms with Crippen molar-refractivity contribution in [1.29, 1.82) is 0 Å². The van der Waals surface area contributed by atoms with Gasteiger partial charge < -0.3 is 5.32 Å². The highest BCUT2D eigenvalue weighted by Crippen LogP contribution is 2.28. The van der Waals surface area contributed by atoms with E-state index in [2.05, 4.69) is 10.3 Å². The van der Waals surface area contributed by atoms with Crippen LogP contribution >= 0.6 is 23.4 Å². The molecular formula is C18H15ClN4O4S. The summed E-state index contributed by atoms with van der Waals surface area (Å²) in [6.07, 6.45) is 0. The molecule has 1 atom stereocenters. The summed E-state index contributed by atoms with van der Waals surface area (Å²) in [7, 11) is 1.60. The minimum atomic E-state index is -0.592. The van der Waals surface area contributed by atoms with Crippen molar-refractivity contribution >= 4 is 51.5 Å². The second-order valence-corrected chi connectivity index (χ2v) is 7.66. The summed E-state index contributed by atoms with van der Waals surface area (Å²) in [5.41, 5.74) is 0.462. The summed E-state index contributed by atoms with van der Waals surface area (Å²) in [6, 6.07) is 10.8. The second kappa shape index (κ2) is 7.99. The van der Waals surface area contributed by atoms with Gasteiger partial charge in [-0.2, -0.15) is 0 Å². The maximum absolute atomic E-state index is 12.5. The van der Waals surface area contributed by atoms with Crippen molar-refractivity contribution in [2.24, 2.45) is 7.05 Å². The topological polar surface area (TPSA) is 107 Å². The predicted octanol–water partition coefficient (Wildman–Crippen LogP) is 3.61. The number of anilines is 1. The van der Waals surface area contributed by atoms with Crippen molar-refractivity contribution in [3.63, 3.8) is 0 Å². The van der Waals surface area contributed by atoms with E-state index in [1.807, 2.05) is 0 Å². The van der Waals surface area contributed by atoms with Gasteiger partial charge in [0.2, 0.25) is 5.91 Å². The molecule has 28 heavy (non-hydrogen) atoms. The van der Waals surface area contributed by atoms with E-state index < -0.39 is 10.2 Å². The van der Waals surface area contributed by atoms with E-state index in [-0.39, 0.29) is 27.9 Å². The third-order valence-electron chi connectivity index (χ3n) is 4.01. The lowest BCUT2D eigenvalue weighted by molar-refractivity contribution is -0.384. The second-order valence-electron chi connectivity index (χ2n) is 5.95. The minimum absolute atomic E-state index is 0.0657. The van der Waals surface area contributed by atoms with E-state index in [1.54, 1.807) is 38.2 Å². The van der Waals surface area contributed by atoms with Crippen LogP contribution in [0.25, 0.3) is 10.9 Å². The Morgan fingerprint density at radius 1 is 1.32 bits per heavy atom. The number of nitrogens with zero attached hydrogens (tertiary/aromatic N) is 3. The number of non-ortho nitro benzene ring substituents is 1. The third-order valence-corrected chi connectivity index (χ3v) is 5.47. The highest BCUT2D eigenvalue weighted by atomic mass is 35.5. The van der Waals surface area contributed by atoms with Gasteiger partial charge in [0.25, 0.3) is 11.2 Å². The number of nitro groups is 1. The monoisotopic (exact) mass is 418 g/mol. The van der Waals surface area contributed by atoms with Gasteiger partial charge in [-0.3, -0.25) is 24.3 Å². The molecule has 0 saturated heterocycles. The lowest BCUT2D eigenvalue weighted by Gasteiger charge is -2.14. The van der Waals surface area contributed by atoms with Crippen LogP contribution in [0.5, 0.6) is 0 Å². The molecule has 3 rings (SSSR count). The average Bonchev–Trinajstić information content (AvgIpc) is 2.67. The number of para-hydroxylation sites is 1. The van der Waals surface area contributed by atoms with Crippen LogP contribution in [0.3, 0.4) is 0 Å². The van der Waals surface area contributed by atoms with Gasteiger partial charge in [0.15, 0.2) is 5.16 Å². The molecule has 1 aromatic heterocycles. The van der Waals surface area contributed by atoms with E-state index in [4.69, 9.17) is 11.6 Å². The van der Waals surface area contributed by atoms with E-state index in [0.717, 1.165) is 11.8 Å². The number of halogens is 1. The number of thioether (sulfide) groups is 1. The van der Waals surface area contributed by atoms with Crippen molar-refractivity contribution in [3.05, 3.63) is 68.0 Å². The van der Waals surface area contributed by atoms with Gasteiger partial charge in [0.1, 0.15) is 0 Å². The first-order valence-electron chi connectivity index (χ1n) is 8.15. The Balaban J connectivity index is 1.80. The largest absolute Gasteiger partial charge is 0.324 e. The quantitative estimate of drug-likeness (QED) is 0.293. The SMILES string of the molecule is C[C@@H](Sc1nc2ccccc2c(=O)n1C)C(=O)Nc1ccc([N+](=O)[O-])cc1Cl. The third kappa shape index (κ3) is 4.00. The Morgan fingerprint density at radius 3 is 2.71 bits per heavy atom. The van der Waals surface area contributed by atoms with Crippen LogP contribution in [0.4, 0.5) is 11.4 Å². The molecule has 2 aromatic carbocycles. The maximum atomic E-state index is 12.5. The lowest BCUT2D eigenvalue weighted by atomic mass is 10.2. The van der Waals surface area contributed by atoms with Crippen LogP contribution in [0, 0.1) is 10.1 Å². The van der Waals surface area contributed by atoms with Crippen LogP contribution in [0.2, 0.25) is 5.02 Å². The van der Waals surface area contributed by atoms with Crippen molar-refractivity contribution in [2.45, 2.75) is 17.3 Å². The molecule has 0 spiro atoms. The highest BCUT2D eigenvalue weighted by Gasteiger charge is 2.20. The van der Waals surface area contributed by atoms with Gasteiger partial charge in [0, 0.05) is 19.2 Å². The fourth-order valence-corrected chi connectivity index (χ4v) is 3.56. The standard InChI is InChI=1S/C18H15ClN4O4S/c1-10(16(24)20-15-8-7-11(23(26)27)9-13(15)19)28-18-21-14-6-4-3-5-12(14)17(25)22(18)2/h3-10H,1-2H3,(H,20,24)/t10-/m1/s1. The summed E-state index contributed by atoms with van der Waals surface area (Å²) >= 11 is 7.14. The van der Waals surface area contributed by atoms with Gasteiger partial charge in [-0.15, -0.1) is 0 Å². The molecule has 8 nitrogen and oxygen atoms in total. The first kappa shape index (κ1) is 19.8. The summed E-state index contributed by atoms with van der Waals surface area (Å²) < 4.78 is 1.40. The van der Waals surface area contributed by atoms with E-state index in [1.165, 1.54) is 22.8 Å². The predicted molar refractivity (Wildman–Crippen MR) is 109 cm³/mol. The molecule has 0 aliphatic carbocycles. The van der Waals surface area contributed by atoms with E-state index >= 15 is 0 Å². The van der Waals surface area contributed by atoms with Gasteiger partial charge in [-0.1, -0.05) is 35.5 Å². The zero-order valence-corrected chi connectivity index (χ0v) is 16.5. The molecule has 3 aromatic rings. The number of fused-ring (bicyclic) bond motifs is 1. The Labute approximate surface area is 168 Å². The molecule has 1 N–H and O–H groups in total. The van der Waals surface area contributed by atoms with E-state index in [9.17, 15) is 19.7 Å². The zero-order valence-electron chi connectivity index (χ0n) is 14.9. The van der Waals surface area contributed by atoms with Crippen LogP contribution in [-0.2, 0) is 11.8 Å². The molecule has 0 aliphatic heterocycles. The number of hydrogen-bond acceptors (Lipinski definition) is 6. The molecule has 0 bridgehead atoms. The molecule has 1 heterocycles. The van der Waals surface area contributed by atoms with Gasteiger partial charge >= 0.3 is 0 Å². The number of aromatic nitrogens is 2. The van der Waals surface area contributed by atoms with Gasteiger partial charge in [-0.25, -0.2) is 4.98 Å². The summed E-state index contributed by atoms with van der Waals surface area (Å²) in [6.45, 7) is 1.67. The molecule has 0 fully saturated rings. The summed E-state index contributed by atoms with van der Waals surface area (Å²) in [5, 5.41) is 13.8. The Hall–Kier alpha value is -2.91. The molecular weight excluding hydrogens is 404 g/mol. The molecule has 1 amide bonds. The zero-order chi connectivity index (χ0) is 20.4. The van der Waals surface area contributed by atoms with Crippen LogP contribution in [0.1, 0.15) is 6.92 Å². The molecule has 0 saturated carbocycles. The highest BCUT2D eigenvalue weighted by molar-refractivity contribution is 8.00. The number of benzene rings is 2.